The van der Waals surface area contributed by atoms with Gasteiger partial charge in [0.2, 0.25) is 0 Å². The highest BCUT2D eigenvalue weighted by atomic mass is 19.1. The highest BCUT2D eigenvalue weighted by molar-refractivity contribution is 5.05. The van der Waals surface area contributed by atoms with Crippen molar-refractivity contribution in [1.82, 2.24) is 30.9 Å². The number of nitrogens with zero attached hydrogens (tertiary/aromatic N) is 3. The average Bonchev–Trinajstić information content (AvgIpc) is 3.16. The molecule has 10 atom stereocenters. The van der Waals surface area contributed by atoms with Crippen LogP contribution in [0.25, 0.3) is 0 Å². The number of rotatable bonds is 0. The molecular weight excluding hydrogens is 383 g/mol. The van der Waals surface area contributed by atoms with Crippen LogP contribution in [-0.4, -0.2) is 97.0 Å². The first kappa shape index (κ1) is 20.3. The Balaban J connectivity index is 1.22. The zero-order chi connectivity index (χ0) is 20.1. The molecule has 8 rings (SSSR count). The summed E-state index contributed by atoms with van der Waals surface area (Å²) in [5, 5.41) is 10.2. The molecule has 3 N–H and O–H groups in total. The van der Waals surface area contributed by atoms with Gasteiger partial charge in [-0.25, -0.2) is 9.40 Å². The van der Waals surface area contributed by atoms with Gasteiger partial charge in [-0.1, -0.05) is 12.8 Å². The molecule has 0 amide bonds. The Bertz CT molecular complexity index is 600. The fraction of sp³-hybridized carbons (Fsp3) is 1.00. The van der Waals surface area contributed by atoms with Crippen molar-refractivity contribution in [3.05, 3.63) is 0 Å². The second kappa shape index (κ2) is 8.54. The van der Waals surface area contributed by atoms with Crippen molar-refractivity contribution in [2.45, 2.75) is 94.2 Å². The van der Waals surface area contributed by atoms with Crippen LogP contribution in [0.2, 0.25) is 0 Å². The molecule has 0 aromatic rings. The van der Waals surface area contributed by atoms with E-state index in [-0.39, 0.29) is 18.4 Å². The Labute approximate surface area is 180 Å². The van der Waals surface area contributed by atoms with Gasteiger partial charge in [-0.15, -0.1) is 0 Å². The number of piperazine rings is 1. The Morgan fingerprint density at radius 1 is 0.933 bits per heavy atom. The number of ether oxygens (including phenoxy) is 1. The van der Waals surface area contributed by atoms with E-state index in [9.17, 15) is 4.39 Å². The van der Waals surface area contributed by atoms with E-state index >= 15 is 0 Å². The SMILES string of the molecule is FC1CCC2C(C1)OCCCCCCN1C[C@H]3C[C@@H](C1)N3C1NCC3CNN2C3N1. The van der Waals surface area contributed by atoms with Crippen LogP contribution in [0.5, 0.6) is 0 Å². The lowest BCUT2D eigenvalue weighted by atomic mass is 9.86. The molecular formula is C22H39FN6O. The monoisotopic (exact) mass is 422 g/mol. The predicted molar refractivity (Wildman–Crippen MR) is 113 cm³/mol. The first-order valence-corrected chi connectivity index (χ1v) is 12.5. The summed E-state index contributed by atoms with van der Waals surface area (Å²) in [6.07, 6.45) is 8.18. The second-order valence-electron chi connectivity index (χ2n) is 10.5. The second-order valence-corrected chi connectivity index (χ2v) is 10.5. The van der Waals surface area contributed by atoms with E-state index in [0.29, 0.717) is 37.0 Å². The predicted octanol–water partition coefficient (Wildman–Crippen LogP) is 0.834. The number of nitrogens with one attached hydrogen (secondary N) is 3. The minimum Gasteiger partial charge on any atom is -0.376 e. The molecule has 8 aliphatic rings. The van der Waals surface area contributed by atoms with Gasteiger partial charge < -0.3 is 9.64 Å². The lowest BCUT2D eigenvalue weighted by molar-refractivity contribution is -0.135. The minimum absolute atomic E-state index is 0.00139. The Kier molecular flexibility index (Phi) is 5.77. The van der Waals surface area contributed by atoms with Crippen molar-refractivity contribution >= 4 is 0 Å². The van der Waals surface area contributed by atoms with Crippen LogP contribution in [0.4, 0.5) is 4.39 Å². The zero-order valence-electron chi connectivity index (χ0n) is 18.1. The number of piperidine rings is 1. The van der Waals surface area contributed by atoms with Crippen molar-refractivity contribution in [1.29, 1.82) is 0 Å². The molecule has 7 heterocycles. The molecule has 0 aromatic heterocycles. The topological polar surface area (TPSA) is 55.0 Å². The molecule has 0 spiro atoms. The lowest BCUT2D eigenvalue weighted by Gasteiger charge is -2.60. The molecule has 30 heavy (non-hydrogen) atoms. The van der Waals surface area contributed by atoms with Crippen molar-refractivity contribution in [3.8, 4) is 0 Å². The van der Waals surface area contributed by atoms with Crippen LogP contribution < -0.4 is 16.1 Å². The molecule has 7 nitrogen and oxygen atoms in total. The standard InChI is InChI=1S/C22H39FN6O/c23-16-5-6-19-20(9-16)30-8-4-2-1-3-7-27-13-17-10-18(14-27)28(17)22-24-11-15-12-25-29(19)21(15)26-22/h15-22,24-26H,1-14H2/t15?,16?,17-,18+,19?,20?,21?,22?. The van der Waals surface area contributed by atoms with Gasteiger partial charge in [0, 0.05) is 57.2 Å². The number of hydrogen-bond acceptors (Lipinski definition) is 7. The van der Waals surface area contributed by atoms with Gasteiger partial charge in [-0.05, 0) is 38.6 Å². The van der Waals surface area contributed by atoms with Gasteiger partial charge in [0.25, 0.3) is 0 Å². The summed E-state index contributed by atoms with van der Waals surface area (Å²) < 4.78 is 20.6. The normalized spacial score (nSPS) is 52.3. The summed E-state index contributed by atoms with van der Waals surface area (Å²) in [7, 11) is 0. The first-order chi connectivity index (χ1) is 14.8. The summed E-state index contributed by atoms with van der Waals surface area (Å²) >= 11 is 0. The average molecular weight is 423 g/mol. The van der Waals surface area contributed by atoms with Crippen LogP contribution >= 0.6 is 0 Å². The van der Waals surface area contributed by atoms with Gasteiger partial charge in [-0.3, -0.25) is 21.0 Å². The molecule has 1 saturated carbocycles. The van der Waals surface area contributed by atoms with Crippen LogP contribution in [0.15, 0.2) is 0 Å². The molecule has 7 saturated heterocycles. The Morgan fingerprint density at radius 3 is 2.70 bits per heavy atom. The summed E-state index contributed by atoms with van der Waals surface area (Å²) in [6.45, 7) is 6.48. The molecule has 1 aliphatic carbocycles. The largest absolute Gasteiger partial charge is 0.376 e. The summed E-state index contributed by atoms with van der Waals surface area (Å²) in [5.41, 5.74) is 3.68. The number of hydrazine groups is 1. The lowest BCUT2D eigenvalue weighted by Crippen LogP contribution is -2.79. The van der Waals surface area contributed by atoms with E-state index in [1.54, 1.807) is 0 Å². The number of halogens is 1. The van der Waals surface area contributed by atoms with Crippen molar-refractivity contribution < 1.29 is 9.13 Å². The van der Waals surface area contributed by atoms with E-state index in [1.807, 2.05) is 0 Å². The summed E-state index contributed by atoms with van der Waals surface area (Å²) in [6, 6.07) is 1.63. The molecule has 7 aliphatic heterocycles. The number of hydrogen-bond donors (Lipinski definition) is 3. The fourth-order valence-corrected chi connectivity index (χ4v) is 6.98. The summed E-state index contributed by atoms with van der Waals surface area (Å²) in [5.74, 6) is 0.546. The maximum atomic E-state index is 14.3. The molecule has 6 bridgehead atoms. The smallest absolute Gasteiger partial charge is 0.116 e. The summed E-state index contributed by atoms with van der Waals surface area (Å²) in [4.78, 5) is 5.39. The van der Waals surface area contributed by atoms with Crippen LogP contribution in [0, 0.1) is 5.92 Å². The first-order valence-electron chi connectivity index (χ1n) is 12.5. The van der Waals surface area contributed by atoms with Crippen molar-refractivity contribution in [3.63, 3.8) is 0 Å². The van der Waals surface area contributed by atoms with Gasteiger partial charge in [0.1, 0.15) is 12.5 Å². The molecule has 8 unspecified atom stereocenters. The Morgan fingerprint density at radius 2 is 1.80 bits per heavy atom. The number of fused-ring (bicyclic) bond motifs is 6. The molecule has 8 heteroatoms. The van der Waals surface area contributed by atoms with E-state index in [1.165, 1.54) is 45.3 Å². The van der Waals surface area contributed by atoms with E-state index in [2.05, 4.69) is 30.9 Å². The van der Waals surface area contributed by atoms with Gasteiger partial charge in [0.05, 0.1) is 18.3 Å². The molecule has 170 valence electrons. The van der Waals surface area contributed by atoms with E-state index in [0.717, 1.165) is 32.5 Å². The highest BCUT2D eigenvalue weighted by Gasteiger charge is 2.52. The fourth-order valence-electron chi connectivity index (χ4n) is 6.98. The van der Waals surface area contributed by atoms with Crippen LogP contribution in [0.1, 0.15) is 51.4 Å². The third kappa shape index (κ3) is 3.72. The molecule has 8 fully saturated rings. The van der Waals surface area contributed by atoms with Crippen molar-refractivity contribution in [2.75, 3.05) is 39.3 Å². The van der Waals surface area contributed by atoms with Gasteiger partial charge in [-0.2, -0.15) is 0 Å². The molecule has 0 radical (unpaired) electrons. The third-order valence-corrected chi connectivity index (χ3v) is 8.56. The maximum Gasteiger partial charge on any atom is 0.116 e. The van der Waals surface area contributed by atoms with Gasteiger partial charge >= 0.3 is 0 Å². The van der Waals surface area contributed by atoms with Crippen molar-refractivity contribution in [2.24, 2.45) is 5.92 Å². The quantitative estimate of drug-likeness (QED) is 0.535. The zero-order valence-corrected chi connectivity index (χ0v) is 18.1. The van der Waals surface area contributed by atoms with Crippen LogP contribution in [0.3, 0.4) is 0 Å². The van der Waals surface area contributed by atoms with Crippen LogP contribution in [-0.2, 0) is 4.74 Å². The van der Waals surface area contributed by atoms with E-state index in [4.69, 9.17) is 4.74 Å². The highest BCUT2D eigenvalue weighted by Crippen LogP contribution is 2.36. The number of alkyl halides is 1. The van der Waals surface area contributed by atoms with Gasteiger partial charge in [0.15, 0.2) is 0 Å². The third-order valence-electron chi connectivity index (χ3n) is 8.56. The van der Waals surface area contributed by atoms with E-state index < -0.39 is 6.17 Å². The molecule has 0 aromatic carbocycles. The minimum atomic E-state index is -0.713. The Hall–Kier alpha value is -0.350. The maximum absolute atomic E-state index is 14.3.